The number of nitrogens with one attached hydrogen (secondary N) is 2. The minimum atomic E-state index is -0.444. The fraction of sp³-hybridized carbons (Fsp3) is 0.350. The molecule has 0 aromatic heterocycles. The molecular formula is C20H26N2O3. The Morgan fingerprint density at radius 2 is 1.64 bits per heavy atom. The van der Waals surface area contributed by atoms with Gasteiger partial charge < -0.3 is 20.5 Å². The number of aliphatic hydroxyl groups excluding tert-OH is 1. The highest BCUT2D eigenvalue weighted by molar-refractivity contribution is 5.75. The molecule has 134 valence electrons. The molecule has 0 aliphatic carbocycles. The smallest absolute Gasteiger partial charge is 0.315 e. The zero-order valence-corrected chi connectivity index (χ0v) is 14.7. The van der Waals surface area contributed by atoms with Gasteiger partial charge in [-0.15, -0.1) is 0 Å². The van der Waals surface area contributed by atoms with Crippen molar-refractivity contribution in [3.63, 3.8) is 0 Å². The fourth-order valence-corrected chi connectivity index (χ4v) is 2.73. The number of hydrogen-bond donors (Lipinski definition) is 3. The van der Waals surface area contributed by atoms with E-state index in [1.165, 1.54) is 0 Å². The second kappa shape index (κ2) is 9.69. The average Bonchev–Trinajstić information content (AvgIpc) is 2.66. The number of amides is 2. The molecule has 2 aromatic carbocycles. The average molecular weight is 342 g/mol. The van der Waals surface area contributed by atoms with Crippen LogP contribution in [0.5, 0.6) is 5.75 Å². The molecule has 25 heavy (non-hydrogen) atoms. The summed E-state index contributed by atoms with van der Waals surface area (Å²) in [4.78, 5) is 12.4. The molecule has 0 fully saturated rings. The van der Waals surface area contributed by atoms with E-state index in [1.54, 1.807) is 0 Å². The van der Waals surface area contributed by atoms with E-state index in [0.717, 1.165) is 23.3 Å². The van der Waals surface area contributed by atoms with Crippen molar-refractivity contribution in [1.82, 2.24) is 10.6 Å². The van der Waals surface area contributed by atoms with E-state index < -0.39 is 6.04 Å². The lowest BCUT2D eigenvalue weighted by molar-refractivity contribution is 0.213. The molecule has 0 spiro atoms. The highest BCUT2D eigenvalue weighted by Crippen LogP contribution is 2.27. The first-order valence-electron chi connectivity index (χ1n) is 8.64. The number of ether oxygens (including phenoxy) is 1. The first-order chi connectivity index (χ1) is 12.2. The van der Waals surface area contributed by atoms with E-state index in [9.17, 15) is 9.90 Å². The summed E-state index contributed by atoms with van der Waals surface area (Å²) in [5.41, 5.74) is 1.81. The quantitative estimate of drug-likeness (QED) is 0.687. The first-order valence-corrected chi connectivity index (χ1v) is 8.64. The van der Waals surface area contributed by atoms with Crippen molar-refractivity contribution in [2.45, 2.75) is 32.4 Å². The Morgan fingerprint density at radius 3 is 2.28 bits per heavy atom. The van der Waals surface area contributed by atoms with Crippen LogP contribution in [-0.2, 0) is 0 Å². The lowest BCUT2D eigenvalue weighted by atomic mass is 10.0. The summed E-state index contributed by atoms with van der Waals surface area (Å²) in [6.07, 6.45) is 0.729. The van der Waals surface area contributed by atoms with E-state index >= 15 is 0 Å². The van der Waals surface area contributed by atoms with Gasteiger partial charge in [0.15, 0.2) is 0 Å². The van der Waals surface area contributed by atoms with E-state index in [1.807, 2.05) is 68.4 Å². The Hall–Kier alpha value is -2.53. The minimum absolute atomic E-state index is 0.163. The maximum absolute atomic E-state index is 12.4. The summed E-state index contributed by atoms with van der Waals surface area (Å²) in [6, 6.07) is 16.2. The highest BCUT2D eigenvalue weighted by Gasteiger charge is 2.19. The predicted octanol–water partition coefficient (Wildman–Crippen LogP) is 3.57. The van der Waals surface area contributed by atoms with Gasteiger partial charge in [-0.25, -0.2) is 4.79 Å². The number of aliphatic hydroxyl groups is 1. The van der Waals surface area contributed by atoms with Crippen LogP contribution < -0.4 is 15.4 Å². The second-order valence-corrected chi connectivity index (χ2v) is 5.70. The summed E-state index contributed by atoms with van der Waals surface area (Å²) in [6.45, 7) is 4.35. The van der Waals surface area contributed by atoms with Crippen molar-refractivity contribution >= 4 is 6.03 Å². The second-order valence-electron chi connectivity index (χ2n) is 5.70. The minimum Gasteiger partial charge on any atom is -0.494 e. The van der Waals surface area contributed by atoms with Crippen LogP contribution >= 0.6 is 0 Å². The van der Waals surface area contributed by atoms with E-state index in [-0.39, 0.29) is 18.7 Å². The molecule has 0 aliphatic heterocycles. The molecule has 0 heterocycles. The van der Waals surface area contributed by atoms with Crippen LogP contribution in [0.25, 0.3) is 0 Å². The Labute approximate surface area is 149 Å². The fourth-order valence-electron chi connectivity index (χ4n) is 2.73. The topological polar surface area (TPSA) is 70.6 Å². The van der Waals surface area contributed by atoms with Gasteiger partial charge in [-0.05, 0) is 25.0 Å². The molecule has 0 saturated carbocycles. The molecule has 2 rings (SSSR count). The normalized spacial score (nSPS) is 12.9. The molecule has 2 amide bonds. The molecule has 2 atom stereocenters. The lowest BCUT2D eigenvalue weighted by Crippen LogP contribution is -2.41. The van der Waals surface area contributed by atoms with Gasteiger partial charge in [-0.2, -0.15) is 0 Å². The lowest BCUT2D eigenvalue weighted by Gasteiger charge is -2.23. The van der Waals surface area contributed by atoms with Crippen LogP contribution in [0.3, 0.4) is 0 Å². The number of carbonyl (C=O) groups is 1. The number of rotatable bonds is 8. The monoisotopic (exact) mass is 342 g/mol. The zero-order chi connectivity index (χ0) is 18.1. The van der Waals surface area contributed by atoms with Crippen LogP contribution in [0.2, 0.25) is 0 Å². The number of benzene rings is 2. The van der Waals surface area contributed by atoms with Gasteiger partial charge >= 0.3 is 6.03 Å². The van der Waals surface area contributed by atoms with Crippen molar-refractivity contribution in [3.05, 3.63) is 65.7 Å². The van der Waals surface area contributed by atoms with Gasteiger partial charge in [-0.1, -0.05) is 55.5 Å². The third-order valence-corrected chi connectivity index (χ3v) is 4.00. The zero-order valence-electron chi connectivity index (χ0n) is 14.7. The maximum atomic E-state index is 12.4. The van der Waals surface area contributed by atoms with Crippen molar-refractivity contribution in [2.75, 3.05) is 13.2 Å². The summed E-state index contributed by atoms with van der Waals surface area (Å²) in [5, 5.41) is 15.4. The number of urea groups is 1. The Morgan fingerprint density at radius 1 is 1.00 bits per heavy atom. The van der Waals surface area contributed by atoms with Crippen molar-refractivity contribution in [1.29, 1.82) is 0 Å². The Bertz CT molecular complexity index is 661. The molecule has 0 aliphatic rings. The molecule has 5 heteroatoms. The van der Waals surface area contributed by atoms with Crippen LogP contribution in [0.15, 0.2) is 54.6 Å². The van der Waals surface area contributed by atoms with Crippen molar-refractivity contribution in [3.8, 4) is 5.75 Å². The number of carbonyl (C=O) groups excluding carboxylic acids is 1. The first kappa shape index (κ1) is 18.8. The number of hydrogen-bond acceptors (Lipinski definition) is 3. The van der Waals surface area contributed by atoms with Crippen LogP contribution in [0.1, 0.15) is 43.5 Å². The van der Waals surface area contributed by atoms with Crippen LogP contribution in [0, 0.1) is 0 Å². The molecule has 0 radical (unpaired) electrons. The number of para-hydroxylation sites is 1. The van der Waals surface area contributed by atoms with Gasteiger partial charge in [0.05, 0.1) is 25.3 Å². The largest absolute Gasteiger partial charge is 0.494 e. The van der Waals surface area contributed by atoms with Gasteiger partial charge in [0.25, 0.3) is 0 Å². The van der Waals surface area contributed by atoms with Crippen LogP contribution in [-0.4, -0.2) is 24.4 Å². The molecule has 0 saturated heterocycles. The summed E-state index contributed by atoms with van der Waals surface area (Å²) in [7, 11) is 0. The standard InChI is InChI=1S/C20H26N2O3/c1-3-17(16-12-8-9-13-19(16)25-4-2)21-20(24)22-18(14-23)15-10-6-5-7-11-15/h5-13,17-18,23H,3-4,14H2,1-2H3,(H2,21,22,24). The molecule has 2 aromatic rings. The van der Waals surface area contributed by atoms with Gasteiger partial charge in [0.2, 0.25) is 0 Å². The van der Waals surface area contributed by atoms with Crippen LogP contribution in [0.4, 0.5) is 4.79 Å². The van der Waals surface area contributed by atoms with Gasteiger partial charge in [-0.3, -0.25) is 0 Å². The van der Waals surface area contributed by atoms with Gasteiger partial charge in [0.1, 0.15) is 5.75 Å². The van der Waals surface area contributed by atoms with E-state index in [0.29, 0.717) is 6.61 Å². The van der Waals surface area contributed by atoms with Gasteiger partial charge in [0, 0.05) is 5.56 Å². The third-order valence-electron chi connectivity index (χ3n) is 4.00. The summed E-state index contributed by atoms with van der Waals surface area (Å²) in [5.74, 6) is 0.777. The van der Waals surface area contributed by atoms with E-state index in [2.05, 4.69) is 10.6 Å². The Balaban J connectivity index is 2.07. The molecule has 3 N–H and O–H groups in total. The van der Waals surface area contributed by atoms with Crippen molar-refractivity contribution < 1.29 is 14.6 Å². The third kappa shape index (κ3) is 5.22. The molecule has 2 unspecified atom stereocenters. The van der Waals surface area contributed by atoms with Crippen molar-refractivity contribution in [2.24, 2.45) is 0 Å². The summed E-state index contributed by atoms with van der Waals surface area (Å²) < 4.78 is 5.66. The predicted molar refractivity (Wildman–Crippen MR) is 98.6 cm³/mol. The molecule has 5 nitrogen and oxygen atoms in total. The highest BCUT2D eigenvalue weighted by atomic mass is 16.5. The molecular weight excluding hydrogens is 316 g/mol. The Kier molecular flexibility index (Phi) is 7.29. The molecule has 0 bridgehead atoms. The SMILES string of the molecule is CCOc1ccccc1C(CC)NC(=O)NC(CO)c1ccccc1. The maximum Gasteiger partial charge on any atom is 0.315 e. The summed E-state index contributed by atoms with van der Waals surface area (Å²) >= 11 is 0. The van der Waals surface area contributed by atoms with E-state index in [4.69, 9.17) is 4.74 Å².